The molecule has 0 heterocycles. The molecule has 4 nitrogen and oxygen atoms in total. The summed E-state index contributed by atoms with van der Waals surface area (Å²) in [6.45, 7) is 1.87. The molecule has 2 aromatic rings. The van der Waals surface area contributed by atoms with Crippen LogP contribution in [0.15, 0.2) is 42.5 Å². The SMILES string of the molecule is C[C@H](C(=O)NC1CCCCC1)N(Cc1ccc(Cl)c(Cl)c1)C(=O)Cc1ccccc1F. The van der Waals surface area contributed by atoms with E-state index < -0.39 is 11.9 Å². The summed E-state index contributed by atoms with van der Waals surface area (Å²) in [7, 11) is 0. The van der Waals surface area contributed by atoms with E-state index >= 15 is 0 Å². The number of carbonyl (C=O) groups excluding carboxylic acids is 2. The molecule has 0 bridgehead atoms. The average molecular weight is 465 g/mol. The van der Waals surface area contributed by atoms with Gasteiger partial charge in [-0.25, -0.2) is 4.39 Å². The Labute approximate surface area is 192 Å². The van der Waals surface area contributed by atoms with Crippen molar-refractivity contribution in [2.45, 2.75) is 64.1 Å². The summed E-state index contributed by atoms with van der Waals surface area (Å²) in [4.78, 5) is 27.6. The Kier molecular flexibility index (Phi) is 8.33. The molecule has 2 amide bonds. The number of hydrogen-bond donors (Lipinski definition) is 1. The number of nitrogens with one attached hydrogen (secondary N) is 1. The second-order valence-corrected chi connectivity index (χ2v) is 8.87. The van der Waals surface area contributed by atoms with Gasteiger partial charge in [-0.2, -0.15) is 0 Å². The van der Waals surface area contributed by atoms with Crippen molar-refractivity contribution < 1.29 is 14.0 Å². The minimum absolute atomic E-state index is 0.130. The van der Waals surface area contributed by atoms with Gasteiger partial charge in [-0.1, -0.05) is 66.7 Å². The number of nitrogens with zero attached hydrogens (tertiary/aromatic N) is 1. The molecule has 1 atom stereocenters. The van der Waals surface area contributed by atoms with Crippen LogP contribution in [0.25, 0.3) is 0 Å². The van der Waals surface area contributed by atoms with E-state index in [0.29, 0.717) is 15.6 Å². The number of benzene rings is 2. The first-order chi connectivity index (χ1) is 14.8. The molecule has 1 aliphatic carbocycles. The van der Waals surface area contributed by atoms with Gasteiger partial charge in [-0.15, -0.1) is 0 Å². The number of amides is 2. The van der Waals surface area contributed by atoms with Crippen molar-refractivity contribution >= 4 is 35.0 Å². The Morgan fingerprint density at radius 3 is 2.48 bits per heavy atom. The van der Waals surface area contributed by atoms with E-state index in [2.05, 4.69) is 5.32 Å². The van der Waals surface area contributed by atoms with Gasteiger partial charge in [-0.05, 0) is 49.1 Å². The van der Waals surface area contributed by atoms with Crippen molar-refractivity contribution in [3.8, 4) is 0 Å². The fraction of sp³-hybridized carbons (Fsp3) is 0.417. The zero-order valence-corrected chi connectivity index (χ0v) is 19.1. The highest BCUT2D eigenvalue weighted by Crippen LogP contribution is 2.24. The average Bonchev–Trinajstić information content (AvgIpc) is 2.76. The minimum Gasteiger partial charge on any atom is -0.352 e. The van der Waals surface area contributed by atoms with Crippen molar-refractivity contribution in [2.75, 3.05) is 0 Å². The molecule has 0 unspecified atom stereocenters. The van der Waals surface area contributed by atoms with Crippen molar-refractivity contribution in [3.63, 3.8) is 0 Å². The van der Waals surface area contributed by atoms with Gasteiger partial charge in [0.25, 0.3) is 0 Å². The minimum atomic E-state index is -0.712. The molecule has 1 N–H and O–H groups in total. The van der Waals surface area contributed by atoms with Crippen LogP contribution >= 0.6 is 23.2 Å². The third-order valence-electron chi connectivity index (χ3n) is 5.76. The number of halogens is 3. The van der Waals surface area contributed by atoms with Gasteiger partial charge < -0.3 is 10.2 Å². The van der Waals surface area contributed by atoms with E-state index in [1.807, 2.05) is 0 Å². The molecule has 7 heteroatoms. The summed E-state index contributed by atoms with van der Waals surface area (Å²) in [6, 6.07) is 10.7. The molecular weight excluding hydrogens is 438 g/mol. The molecule has 0 aliphatic heterocycles. The van der Waals surface area contributed by atoms with Crippen LogP contribution in [-0.4, -0.2) is 28.8 Å². The maximum absolute atomic E-state index is 14.1. The zero-order chi connectivity index (χ0) is 22.4. The molecule has 1 aliphatic rings. The normalized spacial score (nSPS) is 15.4. The largest absolute Gasteiger partial charge is 0.352 e. The molecule has 0 radical (unpaired) electrons. The summed E-state index contributed by atoms with van der Waals surface area (Å²) >= 11 is 12.1. The first-order valence-electron chi connectivity index (χ1n) is 10.6. The summed E-state index contributed by atoms with van der Waals surface area (Å²) in [5, 5.41) is 3.87. The first-order valence-corrected chi connectivity index (χ1v) is 11.4. The molecule has 31 heavy (non-hydrogen) atoms. The predicted molar refractivity (Wildman–Crippen MR) is 122 cm³/mol. The van der Waals surface area contributed by atoms with Crippen molar-refractivity contribution in [1.82, 2.24) is 10.2 Å². The maximum atomic E-state index is 14.1. The summed E-state index contributed by atoms with van der Waals surface area (Å²) in [5.41, 5.74) is 1.04. The Morgan fingerprint density at radius 2 is 1.81 bits per heavy atom. The number of carbonyl (C=O) groups is 2. The van der Waals surface area contributed by atoms with Gasteiger partial charge in [0.05, 0.1) is 16.5 Å². The van der Waals surface area contributed by atoms with Gasteiger partial charge >= 0.3 is 0 Å². The van der Waals surface area contributed by atoms with Crippen LogP contribution in [0.3, 0.4) is 0 Å². The quantitative estimate of drug-likeness (QED) is 0.584. The summed E-state index contributed by atoms with van der Waals surface area (Å²) in [5.74, 6) is -0.971. The third-order valence-corrected chi connectivity index (χ3v) is 6.49. The van der Waals surface area contributed by atoms with Gasteiger partial charge in [0.2, 0.25) is 11.8 Å². The van der Waals surface area contributed by atoms with Gasteiger partial charge in [0.15, 0.2) is 0 Å². The lowest BCUT2D eigenvalue weighted by Crippen LogP contribution is -2.50. The highest BCUT2D eigenvalue weighted by atomic mass is 35.5. The molecule has 0 spiro atoms. The van der Waals surface area contributed by atoms with Crippen LogP contribution in [0.2, 0.25) is 10.0 Å². The molecule has 0 aromatic heterocycles. The molecule has 3 rings (SSSR count). The van der Waals surface area contributed by atoms with Gasteiger partial charge in [0.1, 0.15) is 11.9 Å². The van der Waals surface area contributed by atoms with Gasteiger partial charge in [-0.3, -0.25) is 9.59 Å². The molecule has 166 valence electrons. The van der Waals surface area contributed by atoms with E-state index in [1.54, 1.807) is 43.3 Å². The fourth-order valence-electron chi connectivity index (χ4n) is 3.89. The molecule has 0 saturated heterocycles. The van der Waals surface area contributed by atoms with E-state index in [0.717, 1.165) is 31.2 Å². The van der Waals surface area contributed by atoms with Crippen LogP contribution in [-0.2, 0) is 22.6 Å². The van der Waals surface area contributed by atoms with Crippen LogP contribution in [0.4, 0.5) is 4.39 Å². The second-order valence-electron chi connectivity index (χ2n) is 8.06. The Bertz CT molecular complexity index is 932. The number of hydrogen-bond acceptors (Lipinski definition) is 2. The lowest BCUT2D eigenvalue weighted by atomic mass is 9.95. The first kappa shape index (κ1) is 23.6. The van der Waals surface area contributed by atoms with Gasteiger partial charge in [0, 0.05) is 12.6 Å². The topological polar surface area (TPSA) is 49.4 Å². The second kappa shape index (κ2) is 11.0. The standard InChI is InChI=1S/C24H27Cl2FN2O2/c1-16(24(31)28-19-8-3-2-4-9-19)29(15-17-11-12-20(25)21(26)13-17)23(30)14-18-7-5-6-10-22(18)27/h5-7,10-13,16,19H,2-4,8-9,14-15H2,1H3,(H,28,31)/t16-/m1/s1. The lowest BCUT2D eigenvalue weighted by Gasteiger charge is -2.31. The Balaban J connectivity index is 1.79. The molecule has 1 saturated carbocycles. The third kappa shape index (κ3) is 6.44. The van der Waals surface area contributed by atoms with Crippen LogP contribution in [0.5, 0.6) is 0 Å². The van der Waals surface area contributed by atoms with Crippen LogP contribution in [0.1, 0.15) is 50.2 Å². The van der Waals surface area contributed by atoms with Crippen LogP contribution in [0, 0.1) is 5.82 Å². The van der Waals surface area contributed by atoms with Crippen LogP contribution < -0.4 is 5.32 Å². The van der Waals surface area contributed by atoms with Crippen molar-refractivity contribution in [2.24, 2.45) is 0 Å². The van der Waals surface area contributed by atoms with E-state index in [9.17, 15) is 14.0 Å². The zero-order valence-electron chi connectivity index (χ0n) is 17.5. The monoisotopic (exact) mass is 464 g/mol. The maximum Gasteiger partial charge on any atom is 0.242 e. The predicted octanol–water partition coefficient (Wildman–Crippen LogP) is 5.54. The van der Waals surface area contributed by atoms with E-state index in [4.69, 9.17) is 23.2 Å². The van der Waals surface area contributed by atoms with Crippen molar-refractivity contribution in [1.29, 1.82) is 0 Å². The van der Waals surface area contributed by atoms with E-state index in [1.165, 1.54) is 17.4 Å². The molecule has 2 aromatic carbocycles. The molecule has 1 fully saturated rings. The summed E-state index contributed by atoms with van der Waals surface area (Å²) < 4.78 is 14.1. The summed E-state index contributed by atoms with van der Waals surface area (Å²) in [6.07, 6.45) is 5.15. The number of rotatable bonds is 7. The Hall–Kier alpha value is -2.11. The fourth-order valence-corrected chi connectivity index (χ4v) is 4.21. The molecular formula is C24H27Cl2FN2O2. The highest BCUT2D eigenvalue weighted by Gasteiger charge is 2.28. The smallest absolute Gasteiger partial charge is 0.242 e. The van der Waals surface area contributed by atoms with E-state index in [-0.39, 0.29) is 30.8 Å². The lowest BCUT2D eigenvalue weighted by molar-refractivity contribution is -0.140. The highest BCUT2D eigenvalue weighted by molar-refractivity contribution is 6.42. The Morgan fingerprint density at radius 1 is 1.10 bits per heavy atom. The van der Waals surface area contributed by atoms with Crippen molar-refractivity contribution in [3.05, 3.63) is 69.5 Å².